The fourth-order valence-corrected chi connectivity index (χ4v) is 2.39. The molecule has 3 rings (SSSR count). The topological polar surface area (TPSA) is 90.7 Å². The Labute approximate surface area is 135 Å². The molecule has 0 aliphatic carbocycles. The number of halogens is 1. The van der Waals surface area contributed by atoms with Crippen LogP contribution in [0.1, 0.15) is 15.9 Å². The summed E-state index contributed by atoms with van der Waals surface area (Å²) in [6.07, 6.45) is 0. The number of nitro groups is 1. The number of nitro benzene ring substituents is 1. The summed E-state index contributed by atoms with van der Waals surface area (Å²) < 4.78 is 10.5. The molecule has 118 valence electrons. The maximum absolute atomic E-state index is 12.1. The van der Waals surface area contributed by atoms with E-state index in [-0.39, 0.29) is 29.6 Å². The lowest BCUT2D eigenvalue weighted by Crippen LogP contribution is -2.23. The van der Waals surface area contributed by atoms with Crippen molar-refractivity contribution in [3.05, 3.63) is 62.7 Å². The molecular formula is C15H11ClN2O5. The second kappa shape index (κ2) is 6.13. The third-order valence-corrected chi connectivity index (χ3v) is 3.61. The van der Waals surface area contributed by atoms with Gasteiger partial charge in [-0.2, -0.15) is 0 Å². The van der Waals surface area contributed by atoms with E-state index in [0.717, 1.165) is 11.6 Å². The van der Waals surface area contributed by atoms with E-state index in [4.69, 9.17) is 21.1 Å². The van der Waals surface area contributed by atoms with Crippen molar-refractivity contribution in [1.82, 2.24) is 5.32 Å². The minimum Gasteiger partial charge on any atom is -0.454 e. The van der Waals surface area contributed by atoms with Gasteiger partial charge in [0.15, 0.2) is 11.5 Å². The van der Waals surface area contributed by atoms with Crippen molar-refractivity contribution in [1.29, 1.82) is 0 Å². The fourth-order valence-electron chi connectivity index (χ4n) is 2.13. The van der Waals surface area contributed by atoms with Gasteiger partial charge in [0.1, 0.15) is 0 Å². The van der Waals surface area contributed by atoms with Gasteiger partial charge >= 0.3 is 0 Å². The zero-order valence-electron chi connectivity index (χ0n) is 11.7. The molecule has 23 heavy (non-hydrogen) atoms. The lowest BCUT2D eigenvalue weighted by molar-refractivity contribution is -0.384. The molecule has 0 saturated carbocycles. The summed E-state index contributed by atoms with van der Waals surface area (Å²) in [7, 11) is 0. The Balaban J connectivity index is 1.69. The second-order valence-corrected chi connectivity index (χ2v) is 5.20. The molecule has 0 atom stereocenters. The first-order valence-corrected chi connectivity index (χ1v) is 7.03. The van der Waals surface area contributed by atoms with E-state index in [9.17, 15) is 14.9 Å². The maximum atomic E-state index is 12.1. The summed E-state index contributed by atoms with van der Waals surface area (Å²) in [6.45, 7) is 0.451. The third-order valence-electron chi connectivity index (χ3n) is 3.30. The molecule has 1 amide bonds. The number of carbonyl (C=O) groups is 1. The summed E-state index contributed by atoms with van der Waals surface area (Å²) >= 11 is 5.92. The van der Waals surface area contributed by atoms with Crippen LogP contribution in [-0.4, -0.2) is 17.6 Å². The van der Waals surface area contributed by atoms with Crippen molar-refractivity contribution in [2.45, 2.75) is 6.54 Å². The van der Waals surface area contributed by atoms with Crippen LogP contribution in [0.25, 0.3) is 0 Å². The summed E-state index contributed by atoms with van der Waals surface area (Å²) in [5.41, 5.74) is 0.848. The van der Waals surface area contributed by atoms with Crippen molar-refractivity contribution in [3.8, 4) is 11.5 Å². The predicted octanol–water partition coefficient (Wildman–Crippen LogP) is 2.91. The highest BCUT2D eigenvalue weighted by atomic mass is 35.5. The van der Waals surface area contributed by atoms with E-state index < -0.39 is 10.8 Å². The largest absolute Gasteiger partial charge is 0.454 e. The van der Waals surface area contributed by atoms with Crippen LogP contribution in [0, 0.1) is 10.1 Å². The van der Waals surface area contributed by atoms with Crippen molar-refractivity contribution in [2.24, 2.45) is 0 Å². The van der Waals surface area contributed by atoms with Crippen molar-refractivity contribution in [2.75, 3.05) is 6.79 Å². The van der Waals surface area contributed by atoms with Gasteiger partial charge in [0.05, 0.1) is 15.5 Å². The Morgan fingerprint density at radius 1 is 1.22 bits per heavy atom. The third kappa shape index (κ3) is 3.19. The highest BCUT2D eigenvalue weighted by Gasteiger charge is 2.16. The normalized spacial score (nSPS) is 12.0. The van der Waals surface area contributed by atoms with Crippen LogP contribution >= 0.6 is 11.6 Å². The summed E-state index contributed by atoms with van der Waals surface area (Å²) in [5.74, 6) is 0.881. The van der Waals surface area contributed by atoms with Crippen LogP contribution in [0.3, 0.4) is 0 Å². The molecule has 0 fully saturated rings. The first-order valence-electron chi connectivity index (χ1n) is 6.65. The molecular weight excluding hydrogens is 324 g/mol. The van der Waals surface area contributed by atoms with Crippen LogP contribution in [-0.2, 0) is 6.54 Å². The number of fused-ring (bicyclic) bond motifs is 1. The van der Waals surface area contributed by atoms with Crippen molar-refractivity contribution < 1.29 is 19.2 Å². The molecule has 1 aliphatic rings. The molecule has 8 heteroatoms. The number of amides is 1. The Hall–Kier alpha value is -2.80. The number of nitrogens with one attached hydrogen (secondary N) is 1. The number of benzene rings is 2. The predicted molar refractivity (Wildman–Crippen MR) is 81.8 cm³/mol. The van der Waals surface area contributed by atoms with Gasteiger partial charge in [-0.05, 0) is 23.8 Å². The first kappa shape index (κ1) is 15.1. The number of nitrogens with zero attached hydrogens (tertiary/aromatic N) is 1. The summed E-state index contributed by atoms with van der Waals surface area (Å²) in [6, 6.07) is 9.07. The van der Waals surface area contributed by atoms with E-state index in [1.165, 1.54) is 12.1 Å². The molecule has 0 bridgehead atoms. The van der Waals surface area contributed by atoms with E-state index in [1.54, 1.807) is 12.1 Å². The molecule has 0 radical (unpaired) electrons. The molecule has 2 aromatic carbocycles. The lowest BCUT2D eigenvalue weighted by Gasteiger charge is -2.07. The molecule has 0 spiro atoms. The van der Waals surface area contributed by atoms with Gasteiger partial charge in [-0.25, -0.2) is 0 Å². The number of hydrogen-bond donors (Lipinski definition) is 1. The molecule has 0 unspecified atom stereocenters. The minimum absolute atomic E-state index is 0.0300. The Morgan fingerprint density at radius 2 is 2.00 bits per heavy atom. The number of hydrogen-bond acceptors (Lipinski definition) is 5. The Morgan fingerprint density at radius 3 is 2.74 bits per heavy atom. The van der Waals surface area contributed by atoms with Crippen LogP contribution in [0.4, 0.5) is 5.69 Å². The van der Waals surface area contributed by atoms with E-state index in [1.807, 2.05) is 6.07 Å². The summed E-state index contributed by atoms with van der Waals surface area (Å²) in [5, 5.41) is 13.4. The number of ether oxygens (including phenoxy) is 2. The Bertz CT molecular complexity index is 793. The average molecular weight is 335 g/mol. The number of carbonyl (C=O) groups excluding carboxylic acids is 1. The highest BCUT2D eigenvalue weighted by molar-refractivity contribution is 6.34. The van der Waals surface area contributed by atoms with Crippen molar-refractivity contribution in [3.63, 3.8) is 0 Å². The summed E-state index contributed by atoms with van der Waals surface area (Å²) in [4.78, 5) is 22.2. The standard InChI is InChI=1S/C15H11ClN2O5/c16-12-6-10(18(20)21)2-3-11(12)15(19)17-7-9-1-4-13-14(5-9)23-8-22-13/h1-6H,7-8H2,(H,17,19). The van der Waals surface area contributed by atoms with E-state index in [2.05, 4.69) is 5.32 Å². The maximum Gasteiger partial charge on any atom is 0.270 e. The zero-order chi connectivity index (χ0) is 16.4. The highest BCUT2D eigenvalue weighted by Crippen LogP contribution is 2.32. The molecule has 1 N–H and O–H groups in total. The molecule has 2 aromatic rings. The van der Waals surface area contributed by atoms with Gasteiger partial charge in [0.2, 0.25) is 6.79 Å². The lowest BCUT2D eigenvalue weighted by atomic mass is 10.1. The molecule has 0 saturated heterocycles. The quantitative estimate of drug-likeness (QED) is 0.685. The van der Waals surface area contributed by atoms with Gasteiger partial charge in [0, 0.05) is 18.7 Å². The SMILES string of the molecule is O=C(NCc1ccc2c(c1)OCO2)c1ccc([N+](=O)[O-])cc1Cl. The van der Waals surface area contributed by atoms with Crippen LogP contribution in [0.15, 0.2) is 36.4 Å². The smallest absolute Gasteiger partial charge is 0.270 e. The molecule has 1 aliphatic heterocycles. The fraction of sp³-hybridized carbons (Fsp3) is 0.133. The first-order chi connectivity index (χ1) is 11.0. The molecule has 0 aromatic heterocycles. The van der Waals surface area contributed by atoms with E-state index >= 15 is 0 Å². The van der Waals surface area contributed by atoms with Crippen LogP contribution < -0.4 is 14.8 Å². The number of non-ortho nitro benzene ring substituents is 1. The monoisotopic (exact) mass is 334 g/mol. The second-order valence-electron chi connectivity index (χ2n) is 4.79. The van der Waals surface area contributed by atoms with Crippen LogP contribution in [0.5, 0.6) is 11.5 Å². The van der Waals surface area contributed by atoms with Gasteiger partial charge in [-0.15, -0.1) is 0 Å². The Kier molecular flexibility index (Phi) is 4.03. The zero-order valence-corrected chi connectivity index (χ0v) is 12.5. The van der Waals surface area contributed by atoms with Gasteiger partial charge in [0.25, 0.3) is 11.6 Å². The van der Waals surface area contributed by atoms with Gasteiger partial charge in [-0.1, -0.05) is 17.7 Å². The van der Waals surface area contributed by atoms with Gasteiger partial charge < -0.3 is 14.8 Å². The average Bonchev–Trinajstić information content (AvgIpc) is 3.00. The van der Waals surface area contributed by atoms with Crippen molar-refractivity contribution >= 4 is 23.2 Å². The van der Waals surface area contributed by atoms with Gasteiger partial charge in [-0.3, -0.25) is 14.9 Å². The molecule has 1 heterocycles. The van der Waals surface area contributed by atoms with E-state index in [0.29, 0.717) is 11.5 Å². The minimum atomic E-state index is -0.569. The molecule has 7 nitrogen and oxygen atoms in total. The van der Waals surface area contributed by atoms with Crippen LogP contribution in [0.2, 0.25) is 5.02 Å². The number of rotatable bonds is 4.